The van der Waals surface area contributed by atoms with Gasteiger partial charge in [0.2, 0.25) is 5.91 Å². The van der Waals surface area contributed by atoms with Crippen molar-refractivity contribution >= 4 is 29.4 Å². The van der Waals surface area contributed by atoms with E-state index in [1.165, 1.54) is 5.56 Å². The smallest absolute Gasteiger partial charge is 0.322 e. The number of hydrogen-bond donors (Lipinski definition) is 1. The predicted octanol–water partition coefficient (Wildman–Crippen LogP) is 4.72. The number of rotatable bonds is 6. The van der Waals surface area contributed by atoms with Gasteiger partial charge in [-0.25, -0.2) is 4.79 Å². The van der Waals surface area contributed by atoms with Crippen LogP contribution < -0.4 is 5.32 Å². The fraction of sp³-hybridized carbons (Fsp3) is 0.281. The minimum Gasteiger partial charge on any atom is -0.336 e. The van der Waals surface area contributed by atoms with Gasteiger partial charge in [-0.15, -0.1) is 0 Å². The summed E-state index contributed by atoms with van der Waals surface area (Å²) in [6.07, 6.45) is 1.17. The van der Waals surface area contributed by atoms with Gasteiger partial charge in [0.25, 0.3) is 5.91 Å². The standard InChI is InChI=1S/C32H31ClN4O3/c1-2-36-27-20-37(31(39)28(27)29(34-32(36)40)23-12-14-25(33)15-13-23)26(18-21-8-4-3-5-9-21)30(38)35-17-16-22-10-6-7-11-24(22)19-35/h3-15,26,29H,2,16-20H2,1H3,(H,34,40). The van der Waals surface area contributed by atoms with Crippen LogP contribution in [0.25, 0.3) is 0 Å². The van der Waals surface area contributed by atoms with Gasteiger partial charge in [0, 0.05) is 31.1 Å². The molecule has 4 amide bonds. The highest BCUT2D eigenvalue weighted by Crippen LogP contribution is 2.38. The number of nitrogens with zero attached hydrogens (tertiary/aromatic N) is 3. The molecule has 7 nitrogen and oxygen atoms in total. The zero-order chi connectivity index (χ0) is 27.8. The van der Waals surface area contributed by atoms with Crippen molar-refractivity contribution < 1.29 is 14.4 Å². The molecule has 40 heavy (non-hydrogen) atoms. The third-order valence-electron chi connectivity index (χ3n) is 8.14. The predicted molar refractivity (Wildman–Crippen MR) is 153 cm³/mol. The minimum absolute atomic E-state index is 0.0723. The van der Waals surface area contributed by atoms with Crippen LogP contribution in [0.1, 0.15) is 35.2 Å². The summed E-state index contributed by atoms with van der Waals surface area (Å²) in [5, 5.41) is 3.59. The van der Waals surface area contributed by atoms with Crippen molar-refractivity contribution in [1.82, 2.24) is 20.0 Å². The highest BCUT2D eigenvalue weighted by atomic mass is 35.5. The van der Waals surface area contributed by atoms with Gasteiger partial charge >= 0.3 is 6.03 Å². The third-order valence-corrected chi connectivity index (χ3v) is 8.40. The average molecular weight is 555 g/mol. The lowest BCUT2D eigenvalue weighted by Crippen LogP contribution is -2.52. The Morgan fingerprint density at radius 2 is 1.65 bits per heavy atom. The normalized spacial score (nSPS) is 19.4. The van der Waals surface area contributed by atoms with Crippen LogP contribution in [0.4, 0.5) is 4.79 Å². The van der Waals surface area contributed by atoms with Crippen molar-refractivity contribution in [3.05, 3.63) is 117 Å². The summed E-state index contributed by atoms with van der Waals surface area (Å²) in [6.45, 7) is 3.62. The molecule has 0 fully saturated rings. The minimum atomic E-state index is -0.703. The molecule has 3 aliphatic heterocycles. The molecule has 3 aromatic rings. The molecule has 2 atom stereocenters. The molecule has 6 rings (SSSR count). The lowest BCUT2D eigenvalue weighted by atomic mass is 9.95. The number of urea groups is 1. The van der Waals surface area contributed by atoms with Crippen LogP contribution in [-0.4, -0.2) is 58.2 Å². The van der Waals surface area contributed by atoms with Gasteiger partial charge in [0.05, 0.1) is 23.9 Å². The monoisotopic (exact) mass is 554 g/mol. The summed E-state index contributed by atoms with van der Waals surface area (Å²) in [5.74, 6) is -0.294. The molecule has 8 heteroatoms. The van der Waals surface area contributed by atoms with E-state index in [2.05, 4.69) is 17.4 Å². The summed E-state index contributed by atoms with van der Waals surface area (Å²) in [6, 6.07) is 23.6. The molecule has 0 radical (unpaired) electrons. The van der Waals surface area contributed by atoms with E-state index in [1.54, 1.807) is 21.9 Å². The van der Waals surface area contributed by atoms with Crippen molar-refractivity contribution in [2.75, 3.05) is 19.6 Å². The summed E-state index contributed by atoms with van der Waals surface area (Å²) >= 11 is 6.12. The van der Waals surface area contributed by atoms with Gasteiger partial charge < -0.3 is 15.1 Å². The average Bonchev–Trinajstić information content (AvgIpc) is 3.32. The number of hydrogen-bond acceptors (Lipinski definition) is 3. The number of nitrogens with one attached hydrogen (secondary N) is 1. The van der Waals surface area contributed by atoms with Gasteiger partial charge in [0.15, 0.2) is 0 Å². The zero-order valence-electron chi connectivity index (χ0n) is 22.3. The van der Waals surface area contributed by atoms with Crippen molar-refractivity contribution in [3.8, 4) is 0 Å². The highest BCUT2D eigenvalue weighted by molar-refractivity contribution is 6.30. The lowest BCUT2D eigenvalue weighted by Gasteiger charge is -2.35. The second-order valence-electron chi connectivity index (χ2n) is 10.5. The molecule has 0 spiro atoms. The van der Waals surface area contributed by atoms with Crippen molar-refractivity contribution in [2.45, 2.75) is 38.4 Å². The lowest BCUT2D eigenvalue weighted by molar-refractivity contribution is -0.143. The third kappa shape index (κ3) is 4.75. The van der Waals surface area contributed by atoms with Crippen LogP contribution in [0.5, 0.6) is 0 Å². The first kappa shape index (κ1) is 26.1. The van der Waals surface area contributed by atoms with Gasteiger partial charge in [0.1, 0.15) is 6.04 Å². The van der Waals surface area contributed by atoms with E-state index in [1.807, 2.05) is 66.4 Å². The van der Waals surface area contributed by atoms with Crippen LogP contribution in [0.3, 0.4) is 0 Å². The van der Waals surface area contributed by atoms with Gasteiger partial charge in [-0.3, -0.25) is 14.5 Å². The van der Waals surface area contributed by atoms with Gasteiger partial charge in [-0.2, -0.15) is 0 Å². The summed E-state index contributed by atoms with van der Waals surface area (Å²) in [4.78, 5) is 46.8. The molecule has 3 aliphatic rings. The van der Waals surface area contributed by atoms with Crippen LogP contribution in [0.2, 0.25) is 5.02 Å². The van der Waals surface area contributed by atoms with Crippen LogP contribution in [0.15, 0.2) is 90.1 Å². The zero-order valence-corrected chi connectivity index (χ0v) is 23.1. The largest absolute Gasteiger partial charge is 0.336 e. The van der Waals surface area contributed by atoms with E-state index in [9.17, 15) is 14.4 Å². The summed E-state index contributed by atoms with van der Waals surface area (Å²) in [7, 11) is 0. The van der Waals surface area contributed by atoms with E-state index in [0.29, 0.717) is 42.3 Å². The Labute approximate surface area is 239 Å². The van der Waals surface area contributed by atoms with Gasteiger partial charge in [-0.05, 0) is 47.7 Å². The van der Waals surface area contributed by atoms with E-state index in [-0.39, 0.29) is 24.4 Å². The molecule has 0 bridgehead atoms. The molecule has 0 aliphatic carbocycles. The van der Waals surface area contributed by atoms with Crippen molar-refractivity contribution in [2.24, 2.45) is 0 Å². The van der Waals surface area contributed by atoms with E-state index in [0.717, 1.165) is 23.1 Å². The van der Waals surface area contributed by atoms with Gasteiger partial charge in [-0.1, -0.05) is 78.3 Å². The number of benzene rings is 3. The Hall–Kier alpha value is -4.10. The molecule has 3 aromatic carbocycles. The number of carbonyl (C=O) groups is 3. The van der Waals surface area contributed by atoms with E-state index in [4.69, 9.17) is 11.6 Å². The van der Waals surface area contributed by atoms with Crippen LogP contribution in [-0.2, 0) is 29.0 Å². The summed E-state index contributed by atoms with van der Waals surface area (Å²) < 4.78 is 0. The van der Waals surface area contributed by atoms with Crippen molar-refractivity contribution in [3.63, 3.8) is 0 Å². The summed E-state index contributed by atoms with van der Waals surface area (Å²) in [5.41, 5.74) is 5.32. The maximum absolute atomic E-state index is 14.3. The van der Waals surface area contributed by atoms with Crippen LogP contribution in [0, 0.1) is 0 Å². The fourth-order valence-electron chi connectivity index (χ4n) is 6.07. The molecular weight excluding hydrogens is 524 g/mol. The second kappa shape index (κ2) is 10.8. The number of carbonyl (C=O) groups excluding carboxylic acids is 3. The molecule has 0 saturated carbocycles. The first-order valence-corrected chi connectivity index (χ1v) is 14.1. The topological polar surface area (TPSA) is 73.0 Å². The molecule has 0 aromatic heterocycles. The first-order chi connectivity index (χ1) is 19.4. The molecule has 0 saturated heterocycles. The molecule has 1 N–H and O–H groups in total. The van der Waals surface area contributed by atoms with Crippen LogP contribution >= 0.6 is 11.6 Å². The Kier molecular flexibility index (Phi) is 7.07. The maximum Gasteiger partial charge on any atom is 0.322 e. The Morgan fingerprint density at radius 1 is 0.950 bits per heavy atom. The quantitative estimate of drug-likeness (QED) is 0.479. The Balaban J connectivity index is 1.36. The molecular formula is C32H31ClN4O3. The molecule has 3 heterocycles. The Bertz CT molecular complexity index is 1490. The SMILES string of the molecule is CCN1C(=O)NC(c2ccc(Cl)cc2)C2=C1CN(C(Cc1ccccc1)C(=O)N1CCc3ccccc3C1)C2=O. The number of fused-ring (bicyclic) bond motifs is 1. The fourth-order valence-corrected chi connectivity index (χ4v) is 6.19. The molecule has 2 unspecified atom stereocenters. The Morgan fingerprint density at radius 3 is 2.38 bits per heavy atom. The van der Waals surface area contributed by atoms with Crippen molar-refractivity contribution in [1.29, 1.82) is 0 Å². The second-order valence-corrected chi connectivity index (χ2v) is 10.9. The van der Waals surface area contributed by atoms with E-state index >= 15 is 0 Å². The number of likely N-dealkylation sites (N-methyl/N-ethyl adjacent to an activating group) is 1. The number of halogens is 1. The number of amides is 4. The first-order valence-electron chi connectivity index (χ1n) is 13.7. The highest BCUT2D eigenvalue weighted by Gasteiger charge is 2.47. The maximum atomic E-state index is 14.3. The van der Waals surface area contributed by atoms with E-state index < -0.39 is 12.1 Å². The molecule has 204 valence electrons.